The standard InChI is InChI=1S/C21H28N4O4/c1-20(2,3)28-18(26)15(24-19(27)29-21(4,5)6)11-17-23-14-9-8-13(12-22)10-16(14)25(17)7/h8-10,15H,11H2,1-7H3,(H,24,27)/t15-/m0/s1. The van der Waals surface area contributed by atoms with E-state index in [1.807, 2.05) is 0 Å². The van der Waals surface area contributed by atoms with Crippen LogP contribution < -0.4 is 5.32 Å². The van der Waals surface area contributed by atoms with Crippen LogP contribution in [-0.2, 0) is 27.7 Å². The molecule has 0 radical (unpaired) electrons. The predicted molar refractivity (Wildman–Crippen MR) is 108 cm³/mol. The van der Waals surface area contributed by atoms with Crippen LogP contribution in [0.2, 0.25) is 0 Å². The van der Waals surface area contributed by atoms with Gasteiger partial charge in [-0.05, 0) is 59.7 Å². The summed E-state index contributed by atoms with van der Waals surface area (Å²) in [5, 5.41) is 11.7. The minimum absolute atomic E-state index is 0.112. The van der Waals surface area contributed by atoms with E-state index in [-0.39, 0.29) is 6.42 Å². The lowest BCUT2D eigenvalue weighted by molar-refractivity contribution is -0.157. The van der Waals surface area contributed by atoms with Gasteiger partial charge >= 0.3 is 12.1 Å². The van der Waals surface area contributed by atoms with Gasteiger partial charge in [-0.15, -0.1) is 0 Å². The summed E-state index contributed by atoms with van der Waals surface area (Å²) in [5.74, 6) is -0.00450. The number of hydrogen-bond donors (Lipinski definition) is 1. The maximum Gasteiger partial charge on any atom is 0.408 e. The van der Waals surface area contributed by atoms with Crippen molar-refractivity contribution in [3.63, 3.8) is 0 Å². The molecule has 8 nitrogen and oxygen atoms in total. The smallest absolute Gasteiger partial charge is 0.408 e. The monoisotopic (exact) mass is 400 g/mol. The average molecular weight is 400 g/mol. The van der Waals surface area contributed by atoms with Crippen molar-refractivity contribution in [2.24, 2.45) is 7.05 Å². The summed E-state index contributed by atoms with van der Waals surface area (Å²) >= 11 is 0. The van der Waals surface area contributed by atoms with Crippen molar-refractivity contribution in [1.29, 1.82) is 5.26 Å². The highest BCUT2D eigenvalue weighted by Crippen LogP contribution is 2.19. The van der Waals surface area contributed by atoms with Crippen LogP contribution in [0.5, 0.6) is 0 Å². The molecule has 0 spiro atoms. The molecule has 2 aromatic rings. The number of carbonyl (C=O) groups is 2. The molecule has 0 aliphatic carbocycles. The van der Waals surface area contributed by atoms with E-state index in [0.717, 1.165) is 5.52 Å². The van der Waals surface area contributed by atoms with E-state index in [2.05, 4.69) is 16.4 Å². The molecule has 0 aliphatic rings. The third kappa shape index (κ3) is 6.21. The van der Waals surface area contributed by atoms with E-state index in [0.29, 0.717) is 16.9 Å². The Morgan fingerprint density at radius 1 is 1.17 bits per heavy atom. The van der Waals surface area contributed by atoms with E-state index < -0.39 is 29.3 Å². The number of hydrogen-bond acceptors (Lipinski definition) is 6. The topological polar surface area (TPSA) is 106 Å². The fourth-order valence-electron chi connectivity index (χ4n) is 2.69. The Balaban J connectivity index is 2.32. The first-order valence-corrected chi connectivity index (χ1v) is 9.37. The van der Waals surface area contributed by atoms with Gasteiger partial charge in [0, 0.05) is 13.5 Å². The van der Waals surface area contributed by atoms with Crippen molar-refractivity contribution in [1.82, 2.24) is 14.9 Å². The molecule has 1 aromatic carbocycles. The fraction of sp³-hybridized carbons (Fsp3) is 0.524. The van der Waals surface area contributed by atoms with E-state index in [1.165, 1.54) is 0 Å². The van der Waals surface area contributed by atoms with Crippen molar-refractivity contribution in [3.05, 3.63) is 29.6 Å². The molecule has 0 bridgehead atoms. The van der Waals surface area contributed by atoms with Crippen LogP contribution >= 0.6 is 0 Å². The Kier molecular flexibility index (Phi) is 6.21. The molecule has 1 heterocycles. The first kappa shape index (κ1) is 22.2. The van der Waals surface area contributed by atoms with E-state index in [9.17, 15) is 9.59 Å². The van der Waals surface area contributed by atoms with Crippen LogP contribution in [0, 0.1) is 11.3 Å². The van der Waals surface area contributed by atoms with Gasteiger partial charge in [0.15, 0.2) is 0 Å². The average Bonchev–Trinajstić information content (AvgIpc) is 2.86. The highest BCUT2D eigenvalue weighted by molar-refractivity contribution is 5.82. The number of esters is 1. The lowest BCUT2D eigenvalue weighted by Crippen LogP contribution is -2.47. The van der Waals surface area contributed by atoms with Gasteiger partial charge in [0.2, 0.25) is 0 Å². The second kappa shape index (κ2) is 8.11. The molecule has 0 fully saturated rings. The Hall–Kier alpha value is -3.08. The molecule has 1 atom stereocenters. The molecule has 29 heavy (non-hydrogen) atoms. The van der Waals surface area contributed by atoms with Gasteiger partial charge in [0.1, 0.15) is 23.1 Å². The summed E-state index contributed by atoms with van der Waals surface area (Å²) in [5.41, 5.74) is 0.566. The van der Waals surface area contributed by atoms with E-state index in [4.69, 9.17) is 14.7 Å². The quantitative estimate of drug-likeness (QED) is 0.790. The predicted octanol–water partition coefficient (Wildman–Crippen LogP) is 3.22. The van der Waals surface area contributed by atoms with Gasteiger partial charge in [-0.1, -0.05) is 0 Å². The molecule has 1 amide bonds. The zero-order valence-corrected chi connectivity index (χ0v) is 18.0. The minimum Gasteiger partial charge on any atom is -0.458 e. The Morgan fingerprint density at radius 3 is 2.34 bits per heavy atom. The highest BCUT2D eigenvalue weighted by Gasteiger charge is 2.30. The normalized spacial score (nSPS) is 12.9. The zero-order valence-electron chi connectivity index (χ0n) is 18.0. The Labute approximate surface area is 170 Å². The number of amides is 1. The molecule has 1 aromatic heterocycles. The minimum atomic E-state index is -0.977. The second-order valence-corrected chi connectivity index (χ2v) is 8.84. The Bertz CT molecular complexity index is 958. The number of rotatable bonds is 4. The largest absolute Gasteiger partial charge is 0.458 e. The first-order valence-electron chi connectivity index (χ1n) is 9.37. The van der Waals surface area contributed by atoms with Crippen LogP contribution in [0.3, 0.4) is 0 Å². The van der Waals surface area contributed by atoms with E-state index >= 15 is 0 Å². The van der Waals surface area contributed by atoms with Crippen molar-refractivity contribution < 1.29 is 19.1 Å². The number of nitrogens with one attached hydrogen (secondary N) is 1. The van der Waals surface area contributed by atoms with Crippen LogP contribution in [0.4, 0.5) is 4.79 Å². The number of carbonyl (C=O) groups excluding carboxylic acids is 2. The van der Waals surface area contributed by atoms with Crippen LogP contribution in [-0.4, -0.2) is 38.9 Å². The molecule has 0 unspecified atom stereocenters. The summed E-state index contributed by atoms with van der Waals surface area (Å²) < 4.78 is 12.5. The number of nitrogens with zero attached hydrogens (tertiary/aromatic N) is 3. The maximum absolute atomic E-state index is 12.7. The van der Waals surface area contributed by atoms with Crippen molar-refractivity contribution in [3.8, 4) is 6.07 Å². The van der Waals surface area contributed by atoms with Crippen molar-refractivity contribution >= 4 is 23.1 Å². The second-order valence-electron chi connectivity index (χ2n) is 8.84. The molecule has 8 heteroatoms. The molecule has 0 saturated carbocycles. The van der Waals surface area contributed by atoms with Gasteiger partial charge in [-0.2, -0.15) is 5.26 Å². The molecule has 1 N–H and O–H groups in total. The highest BCUT2D eigenvalue weighted by atomic mass is 16.6. The van der Waals surface area contributed by atoms with Crippen LogP contribution in [0.25, 0.3) is 11.0 Å². The molecule has 0 aliphatic heterocycles. The number of benzene rings is 1. The van der Waals surface area contributed by atoms with E-state index in [1.54, 1.807) is 71.4 Å². The van der Waals surface area contributed by atoms with Crippen molar-refractivity contribution in [2.45, 2.75) is 65.2 Å². The van der Waals surface area contributed by atoms with Crippen LogP contribution in [0.15, 0.2) is 18.2 Å². The van der Waals surface area contributed by atoms with Gasteiger partial charge in [0.05, 0.1) is 22.7 Å². The third-order valence-electron chi connectivity index (χ3n) is 3.87. The number of aryl methyl sites for hydroxylation is 1. The van der Waals surface area contributed by atoms with Crippen LogP contribution in [0.1, 0.15) is 52.9 Å². The third-order valence-corrected chi connectivity index (χ3v) is 3.87. The number of fused-ring (bicyclic) bond motifs is 1. The zero-order chi connectivity index (χ0) is 22.0. The first-order chi connectivity index (χ1) is 13.3. The van der Waals surface area contributed by atoms with Gasteiger partial charge < -0.3 is 19.4 Å². The number of nitriles is 1. The fourth-order valence-corrected chi connectivity index (χ4v) is 2.69. The summed E-state index contributed by atoms with van der Waals surface area (Å²) in [6.45, 7) is 10.5. The summed E-state index contributed by atoms with van der Waals surface area (Å²) in [6.07, 6.45) is -0.597. The molecule has 2 rings (SSSR count). The molecular formula is C21H28N4O4. The maximum atomic E-state index is 12.7. The van der Waals surface area contributed by atoms with Gasteiger partial charge in [-0.3, -0.25) is 0 Å². The number of alkyl carbamates (subject to hydrolysis) is 1. The molecular weight excluding hydrogens is 372 g/mol. The molecule has 0 saturated heterocycles. The number of aromatic nitrogens is 2. The SMILES string of the molecule is Cn1c(C[C@H](NC(=O)OC(C)(C)C)C(=O)OC(C)(C)C)nc2ccc(C#N)cc21. The lowest BCUT2D eigenvalue weighted by Gasteiger charge is -2.26. The number of ether oxygens (including phenoxy) is 2. The van der Waals surface area contributed by atoms with Gasteiger partial charge in [0.25, 0.3) is 0 Å². The molecule has 156 valence electrons. The van der Waals surface area contributed by atoms with Crippen molar-refractivity contribution in [2.75, 3.05) is 0 Å². The lowest BCUT2D eigenvalue weighted by atomic mass is 10.1. The summed E-state index contributed by atoms with van der Waals surface area (Å²) in [7, 11) is 1.80. The van der Waals surface area contributed by atoms with Gasteiger partial charge in [-0.25, -0.2) is 14.6 Å². The summed E-state index contributed by atoms with van der Waals surface area (Å²) in [6, 6.07) is 6.29. The summed E-state index contributed by atoms with van der Waals surface area (Å²) in [4.78, 5) is 29.5. The number of imidazole rings is 1. The Morgan fingerprint density at radius 2 is 1.79 bits per heavy atom.